The number of alkyl halides is 1. The molecule has 0 aliphatic heterocycles. The molecule has 0 fully saturated rings. The third kappa shape index (κ3) is 4.33. The number of methoxy groups -OCH3 is 1. The minimum Gasteiger partial charge on any atom is -0.383 e. The summed E-state index contributed by atoms with van der Waals surface area (Å²) in [4.78, 5) is 2.62. The van der Waals surface area contributed by atoms with Gasteiger partial charge in [0.1, 0.15) is 0 Å². The van der Waals surface area contributed by atoms with Gasteiger partial charge >= 0.3 is 0 Å². The summed E-state index contributed by atoms with van der Waals surface area (Å²) >= 11 is 7.25. The van der Waals surface area contributed by atoms with Gasteiger partial charge in [-0.25, -0.2) is 0 Å². The molecule has 0 aromatic carbocycles. The molecule has 0 amide bonds. The van der Waals surface area contributed by atoms with Crippen molar-refractivity contribution >= 4 is 31.9 Å². The van der Waals surface area contributed by atoms with Crippen LogP contribution in [0.15, 0.2) is 4.47 Å². The van der Waals surface area contributed by atoms with E-state index in [4.69, 9.17) is 4.74 Å². The van der Waals surface area contributed by atoms with Gasteiger partial charge in [-0.3, -0.25) is 9.58 Å². The molecular weight excluding hydrogens is 362 g/mol. The van der Waals surface area contributed by atoms with Crippen LogP contribution in [0.25, 0.3) is 0 Å². The predicted octanol–water partition coefficient (Wildman–Crippen LogP) is 2.59. The molecule has 0 spiro atoms. The molecule has 1 atom stereocenters. The standard InChI is InChI=1S/C12H21Br2N3O/c1-5-10-12(14)11(17(3)15-10)7-16(2)6-9(13)8-18-4/h9H,5-8H2,1-4H3. The van der Waals surface area contributed by atoms with Crippen LogP contribution in [-0.2, 0) is 24.8 Å². The van der Waals surface area contributed by atoms with E-state index in [0.29, 0.717) is 4.83 Å². The number of ether oxygens (including phenoxy) is 1. The molecule has 0 saturated heterocycles. The van der Waals surface area contributed by atoms with Crippen molar-refractivity contribution in [3.63, 3.8) is 0 Å². The zero-order valence-electron chi connectivity index (χ0n) is 11.4. The van der Waals surface area contributed by atoms with Gasteiger partial charge in [0, 0.05) is 27.2 Å². The Morgan fingerprint density at radius 3 is 2.67 bits per heavy atom. The van der Waals surface area contributed by atoms with Crippen molar-refractivity contribution in [2.45, 2.75) is 24.7 Å². The van der Waals surface area contributed by atoms with Crippen LogP contribution in [-0.4, -0.2) is 46.8 Å². The highest BCUT2D eigenvalue weighted by Crippen LogP contribution is 2.22. The van der Waals surface area contributed by atoms with Crippen LogP contribution in [0, 0.1) is 0 Å². The average molecular weight is 383 g/mol. The quantitative estimate of drug-likeness (QED) is 0.679. The lowest BCUT2D eigenvalue weighted by Crippen LogP contribution is -2.28. The molecule has 4 nitrogen and oxygen atoms in total. The Morgan fingerprint density at radius 1 is 1.50 bits per heavy atom. The van der Waals surface area contributed by atoms with Gasteiger partial charge in [-0.2, -0.15) is 5.10 Å². The van der Waals surface area contributed by atoms with E-state index < -0.39 is 0 Å². The van der Waals surface area contributed by atoms with Gasteiger partial charge in [-0.05, 0) is 29.4 Å². The fraction of sp³-hybridized carbons (Fsp3) is 0.750. The molecule has 18 heavy (non-hydrogen) atoms. The van der Waals surface area contributed by atoms with Gasteiger partial charge < -0.3 is 4.74 Å². The number of rotatable bonds is 7. The van der Waals surface area contributed by atoms with E-state index in [1.165, 1.54) is 5.69 Å². The molecular formula is C12H21Br2N3O. The fourth-order valence-electron chi connectivity index (χ4n) is 1.88. The molecule has 1 heterocycles. The van der Waals surface area contributed by atoms with Crippen molar-refractivity contribution < 1.29 is 4.74 Å². The Hall–Kier alpha value is 0.0900. The Labute approximate surface area is 126 Å². The Morgan fingerprint density at radius 2 is 2.17 bits per heavy atom. The highest BCUT2D eigenvalue weighted by Gasteiger charge is 2.15. The van der Waals surface area contributed by atoms with Gasteiger partial charge in [0.25, 0.3) is 0 Å². The van der Waals surface area contributed by atoms with E-state index in [9.17, 15) is 0 Å². The summed E-state index contributed by atoms with van der Waals surface area (Å²) in [5, 5.41) is 4.50. The summed E-state index contributed by atoms with van der Waals surface area (Å²) in [5.41, 5.74) is 2.33. The van der Waals surface area contributed by atoms with E-state index in [0.717, 1.165) is 36.3 Å². The first-order valence-electron chi connectivity index (χ1n) is 6.01. The molecule has 1 rings (SSSR count). The summed E-state index contributed by atoms with van der Waals surface area (Å²) < 4.78 is 8.22. The minimum absolute atomic E-state index is 0.352. The lowest BCUT2D eigenvalue weighted by Gasteiger charge is -2.20. The van der Waals surface area contributed by atoms with Crippen LogP contribution in [0.3, 0.4) is 0 Å². The molecule has 0 saturated carbocycles. The third-order valence-electron chi connectivity index (χ3n) is 2.78. The predicted molar refractivity (Wildman–Crippen MR) is 81.2 cm³/mol. The van der Waals surface area contributed by atoms with E-state index in [1.54, 1.807) is 7.11 Å². The number of hydrogen-bond acceptors (Lipinski definition) is 3. The van der Waals surface area contributed by atoms with Crippen molar-refractivity contribution in [3.8, 4) is 0 Å². The average Bonchev–Trinajstić information content (AvgIpc) is 2.56. The number of aryl methyl sites for hydroxylation is 2. The molecule has 0 aliphatic carbocycles. The van der Waals surface area contributed by atoms with Crippen LogP contribution in [0.2, 0.25) is 0 Å². The smallest absolute Gasteiger partial charge is 0.0767 e. The zero-order valence-corrected chi connectivity index (χ0v) is 14.6. The van der Waals surface area contributed by atoms with Crippen LogP contribution in [0.5, 0.6) is 0 Å². The second-order valence-electron chi connectivity index (χ2n) is 4.43. The summed E-state index contributed by atoms with van der Waals surface area (Å²) in [5.74, 6) is 0. The van der Waals surface area contributed by atoms with Gasteiger partial charge in [0.15, 0.2) is 0 Å². The van der Waals surface area contributed by atoms with E-state index in [2.05, 4.69) is 55.8 Å². The lowest BCUT2D eigenvalue weighted by molar-refractivity contribution is 0.184. The Balaban J connectivity index is 2.64. The summed E-state index contributed by atoms with van der Waals surface area (Å²) in [6.45, 7) is 4.65. The maximum Gasteiger partial charge on any atom is 0.0767 e. The Kier molecular flexibility index (Phi) is 6.84. The SMILES string of the molecule is CCc1nn(C)c(CN(C)CC(Br)COC)c1Br. The minimum atomic E-state index is 0.352. The van der Waals surface area contributed by atoms with Gasteiger partial charge in [-0.15, -0.1) is 0 Å². The number of hydrogen-bond donors (Lipinski definition) is 0. The molecule has 1 unspecified atom stereocenters. The van der Waals surface area contributed by atoms with Crippen molar-refractivity contribution in [1.29, 1.82) is 0 Å². The number of aromatic nitrogens is 2. The fourth-order valence-corrected chi connectivity index (χ4v) is 3.38. The summed E-state index contributed by atoms with van der Waals surface area (Å²) in [6, 6.07) is 0. The summed E-state index contributed by atoms with van der Waals surface area (Å²) in [6.07, 6.45) is 0.947. The van der Waals surface area contributed by atoms with Gasteiger partial charge in [-0.1, -0.05) is 22.9 Å². The van der Waals surface area contributed by atoms with E-state index in [-0.39, 0.29) is 0 Å². The topological polar surface area (TPSA) is 30.3 Å². The molecule has 0 radical (unpaired) electrons. The highest BCUT2D eigenvalue weighted by atomic mass is 79.9. The third-order valence-corrected chi connectivity index (χ3v) is 4.25. The largest absolute Gasteiger partial charge is 0.383 e. The monoisotopic (exact) mass is 381 g/mol. The maximum absolute atomic E-state index is 5.12. The Bertz CT molecular complexity index is 382. The highest BCUT2D eigenvalue weighted by molar-refractivity contribution is 9.10. The van der Waals surface area contributed by atoms with E-state index in [1.807, 2.05) is 11.7 Å². The first-order chi connectivity index (χ1) is 8.49. The normalized spacial score (nSPS) is 13.3. The second-order valence-corrected chi connectivity index (χ2v) is 6.52. The lowest BCUT2D eigenvalue weighted by atomic mass is 10.3. The molecule has 0 bridgehead atoms. The second kappa shape index (κ2) is 7.62. The van der Waals surface area contributed by atoms with Gasteiger partial charge in [0.05, 0.1) is 27.3 Å². The molecule has 1 aromatic rings. The van der Waals surface area contributed by atoms with Crippen molar-refractivity contribution in [1.82, 2.24) is 14.7 Å². The van der Waals surface area contributed by atoms with Crippen LogP contribution in [0.4, 0.5) is 0 Å². The number of nitrogens with zero attached hydrogens (tertiary/aromatic N) is 3. The molecule has 0 aliphatic rings. The molecule has 104 valence electrons. The van der Waals surface area contributed by atoms with Crippen molar-refractivity contribution in [2.75, 3.05) is 27.3 Å². The van der Waals surface area contributed by atoms with Crippen LogP contribution < -0.4 is 0 Å². The van der Waals surface area contributed by atoms with Gasteiger partial charge in [0.2, 0.25) is 0 Å². The van der Waals surface area contributed by atoms with Crippen LogP contribution in [0.1, 0.15) is 18.3 Å². The first kappa shape index (κ1) is 16.1. The zero-order chi connectivity index (χ0) is 13.7. The molecule has 0 N–H and O–H groups in total. The van der Waals surface area contributed by atoms with Crippen molar-refractivity contribution in [2.24, 2.45) is 7.05 Å². The molecule has 1 aromatic heterocycles. The summed E-state index contributed by atoms with van der Waals surface area (Å²) in [7, 11) is 5.82. The molecule has 6 heteroatoms. The van der Waals surface area contributed by atoms with E-state index >= 15 is 0 Å². The number of halogens is 2. The van der Waals surface area contributed by atoms with Crippen LogP contribution >= 0.6 is 31.9 Å². The van der Waals surface area contributed by atoms with Crippen molar-refractivity contribution in [3.05, 3.63) is 15.9 Å². The maximum atomic E-state index is 5.12. The first-order valence-corrected chi connectivity index (χ1v) is 7.72.